The minimum Gasteiger partial charge on any atom is -0.497 e. The first-order chi connectivity index (χ1) is 6.76. The van der Waals surface area contributed by atoms with Gasteiger partial charge in [0.25, 0.3) is 0 Å². The van der Waals surface area contributed by atoms with Crippen molar-refractivity contribution in [1.82, 2.24) is 0 Å². The molecule has 0 radical (unpaired) electrons. The molecule has 1 nitrogen and oxygen atoms in total. The van der Waals surface area contributed by atoms with Crippen LogP contribution in [0.3, 0.4) is 0 Å². The Labute approximate surface area is 95.8 Å². The molecule has 0 N–H and O–H groups in total. The number of rotatable bonds is 2. The zero-order chi connectivity index (χ0) is 10.1. The summed E-state index contributed by atoms with van der Waals surface area (Å²) in [6.45, 7) is 2.18. The molecule has 0 fully saturated rings. The summed E-state index contributed by atoms with van der Waals surface area (Å²) in [6, 6.07) is 4.11. The summed E-state index contributed by atoms with van der Waals surface area (Å²) in [4.78, 5) is 0. The Kier molecular flexibility index (Phi) is 2.79. The van der Waals surface area contributed by atoms with Crippen molar-refractivity contribution in [2.45, 2.75) is 13.3 Å². The van der Waals surface area contributed by atoms with E-state index in [1.807, 2.05) is 6.07 Å². The van der Waals surface area contributed by atoms with Crippen molar-refractivity contribution in [3.05, 3.63) is 27.5 Å². The molecule has 2 aromatic rings. The predicted octanol–water partition coefficient (Wildman–Crippen LogP) is 4.23. The quantitative estimate of drug-likeness (QED) is 0.794. The first-order valence-electron chi connectivity index (χ1n) is 4.50. The summed E-state index contributed by atoms with van der Waals surface area (Å²) >= 11 is 5.36. The van der Waals surface area contributed by atoms with Gasteiger partial charge in [-0.3, -0.25) is 0 Å². The van der Waals surface area contributed by atoms with Crippen LogP contribution in [0.2, 0.25) is 0 Å². The lowest BCUT2D eigenvalue weighted by atomic mass is 10.1. The van der Waals surface area contributed by atoms with E-state index in [4.69, 9.17) is 4.74 Å². The fourth-order valence-corrected chi connectivity index (χ4v) is 3.46. The summed E-state index contributed by atoms with van der Waals surface area (Å²) in [5, 5.41) is 3.55. The largest absolute Gasteiger partial charge is 0.497 e. The molecule has 0 spiro atoms. The molecule has 0 saturated carbocycles. The number of hydrogen-bond donors (Lipinski definition) is 0. The average molecular weight is 271 g/mol. The van der Waals surface area contributed by atoms with Crippen LogP contribution in [0.1, 0.15) is 12.5 Å². The molecule has 0 aliphatic heterocycles. The van der Waals surface area contributed by atoms with Gasteiger partial charge in [-0.25, -0.2) is 0 Å². The maximum atomic E-state index is 5.22. The Morgan fingerprint density at radius 1 is 1.43 bits per heavy atom. The summed E-state index contributed by atoms with van der Waals surface area (Å²) in [7, 11) is 1.70. The highest BCUT2D eigenvalue weighted by molar-refractivity contribution is 9.10. The van der Waals surface area contributed by atoms with Crippen molar-refractivity contribution in [3.63, 3.8) is 0 Å². The predicted molar refractivity (Wildman–Crippen MR) is 65.5 cm³/mol. The number of methoxy groups -OCH3 is 1. The molecule has 1 heterocycles. The number of thiophene rings is 1. The number of halogens is 1. The molecule has 1 aromatic carbocycles. The van der Waals surface area contributed by atoms with E-state index in [0.29, 0.717) is 0 Å². The van der Waals surface area contributed by atoms with E-state index < -0.39 is 0 Å². The van der Waals surface area contributed by atoms with E-state index in [1.165, 1.54) is 15.6 Å². The van der Waals surface area contributed by atoms with E-state index >= 15 is 0 Å². The Bertz CT molecular complexity index is 462. The van der Waals surface area contributed by atoms with Crippen molar-refractivity contribution in [2.24, 2.45) is 0 Å². The fourth-order valence-electron chi connectivity index (χ4n) is 1.53. The summed E-state index contributed by atoms with van der Waals surface area (Å²) in [5.74, 6) is 0.911. The molecule has 0 aliphatic carbocycles. The van der Waals surface area contributed by atoms with Crippen LogP contribution >= 0.6 is 27.3 Å². The highest BCUT2D eigenvalue weighted by Gasteiger charge is 2.08. The fraction of sp³-hybridized carbons (Fsp3) is 0.273. The van der Waals surface area contributed by atoms with E-state index in [9.17, 15) is 0 Å². The maximum Gasteiger partial charge on any atom is 0.121 e. The summed E-state index contributed by atoms with van der Waals surface area (Å²) < 4.78 is 7.64. The van der Waals surface area contributed by atoms with Gasteiger partial charge in [-0.05, 0) is 45.4 Å². The van der Waals surface area contributed by atoms with Crippen LogP contribution in [0.4, 0.5) is 0 Å². The number of fused-ring (bicyclic) bond motifs is 1. The van der Waals surface area contributed by atoms with Crippen LogP contribution in [0.25, 0.3) is 10.1 Å². The van der Waals surface area contributed by atoms with Crippen LogP contribution in [0.5, 0.6) is 5.75 Å². The van der Waals surface area contributed by atoms with Gasteiger partial charge in [0.05, 0.1) is 7.11 Å². The first-order valence-corrected chi connectivity index (χ1v) is 6.17. The molecule has 0 atom stereocenters. The molecule has 1 aromatic heterocycles. The minimum atomic E-state index is 0.911. The van der Waals surface area contributed by atoms with Gasteiger partial charge in [-0.1, -0.05) is 6.92 Å². The first kappa shape index (κ1) is 9.99. The van der Waals surface area contributed by atoms with Crippen molar-refractivity contribution in [3.8, 4) is 5.75 Å². The molecule has 0 saturated heterocycles. The highest BCUT2D eigenvalue weighted by atomic mass is 79.9. The van der Waals surface area contributed by atoms with Crippen LogP contribution in [0, 0.1) is 0 Å². The second kappa shape index (κ2) is 3.91. The Hall–Kier alpha value is -0.540. The lowest BCUT2D eigenvalue weighted by Crippen LogP contribution is -1.83. The van der Waals surface area contributed by atoms with Gasteiger partial charge in [0.15, 0.2) is 0 Å². The molecule has 0 aliphatic rings. The van der Waals surface area contributed by atoms with Crippen molar-refractivity contribution < 1.29 is 4.74 Å². The average Bonchev–Trinajstić information content (AvgIpc) is 2.61. The van der Waals surface area contributed by atoms with Gasteiger partial charge in [0.2, 0.25) is 0 Å². The summed E-state index contributed by atoms with van der Waals surface area (Å²) in [6.07, 6.45) is 1.07. The molecule has 0 amide bonds. The third kappa shape index (κ3) is 1.55. The maximum absolute atomic E-state index is 5.22. The van der Waals surface area contributed by atoms with Gasteiger partial charge >= 0.3 is 0 Å². The topological polar surface area (TPSA) is 9.23 Å². The molecule has 0 bridgehead atoms. The third-order valence-corrected chi connectivity index (χ3v) is 3.90. The lowest BCUT2D eigenvalue weighted by Gasteiger charge is -2.02. The zero-order valence-corrected chi connectivity index (χ0v) is 10.5. The number of hydrogen-bond acceptors (Lipinski definition) is 2. The standard InChI is InChI=1S/C11H11BrOS/c1-3-7-6-14-10-5-8(13-2)4-9(12)11(7)10/h4-6H,3H2,1-2H3. The van der Waals surface area contributed by atoms with Gasteiger partial charge in [-0.2, -0.15) is 0 Å². The van der Waals surface area contributed by atoms with E-state index in [2.05, 4.69) is 34.3 Å². The van der Waals surface area contributed by atoms with Gasteiger partial charge < -0.3 is 4.74 Å². The smallest absolute Gasteiger partial charge is 0.121 e. The molecule has 2 rings (SSSR count). The van der Waals surface area contributed by atoms with Gasteiger partial charge in [0, 0.05) is 14.6 Å². The Balaban J connectivity index is 2.72. The normalized spacial score (nSPS) is 10.8. The van der Waals surface area contributed by atoms with Crippen molar-refractivity contribution in [1.29, 1.82) is 0 Å². The van der Waals surface area contributed by atoms with Crippen LogP contribution in [-0.4, -0.2) is 7.11 Å². The second-order valence-corrected chi connectivity index (χ2v) is 4.86. The van der Waals surface area contributed by atoms with Crippen molar-refractivity contribution in [2.75, 3.05) is 7.11 Å². The molecule has 3 heteroatoms. The van der Waals surface area contributed by atoms with Gasteiger partial charge in [0.1, 0.15) is 5.75 Å². The molecular formula is C11H11BrOS. The lowest BCUT2D eigenvalue weighted by molar-refractivity contribution is 0.415. The molecule has 14 heavy (non-hydrogen) atoms. The number of ether oxygens (including phenoxy) is 1. The SMILES string of the molecule is CCc1csc2cc(OC)cc(Br)c12. The molecule has 0 unspecified atom stereocenters. The summed E-state index contributed by atoms with van der Waals surface area (Å²) in [5.41, 5.74) is 1.40. The van der Waals surface area contributed by atoms with E-state index in [0.717, 1.165) is 16.6 Å². The van der Waals surface area contributed by atoms with E-state index in [1.54, 1.807) is 18.4 Å². The highest BCUT2D eigenvalue weighted by Crippen LogP contribution is 2.36. The van der Waals surface area contributed by atoms with Crippen molar-refractivity contribution >= 4 is 37.4 Å². The number of benzene rings is 1. The zero-order valence-electron chi connectivity index (χ0n) is 8.13. The van der Waals surface area contributed by atoms with Crippen LogP contribution < -0.4 is 4.74 Å². The van der Waals surface area contributed by atoms with Crippen LogP contribution in [-0.2, 0) is 6.42 Å². The minimum absolute atomic E-state index is 0.911. The van der Waals surface area contributed by atoms with Gasteiger partial charge in [-0.15, -0.1) is 11.3 Å². The Morgan fingerprint density at radius 2 is 2.21 bits per heavy atom. The van der Waals surface area contributed by atoms with E-state index in [-0.39, 0.29) is 0 Å². The van der Waals surface area contributed by atoms with Crippen LogP contribution in [0.15, 0.2) is 22.0 Å². The third-order valence-electron chi connectivity index (χ3n) is 2.29. The molecule has 74 valence electrons. The number of aryl methyl sites for hydroxylation is 1. The monoisotopic (exact) mass is 270 g/mol. The second-order valence-electron chi connectivity index (χ2n) is 3.10. The Morgan fingerprint density at radius 3 is 2.86 bits per heavy atom. The molecular weight excluding hydrogens is 260 g/mol.